The average Bonchev–Trinajstić information content (AvgIpc) is 3.28. The van der Waals surface area contributed by atoms with Gasteiger partial charge in [-0.25, -0.2) is 4.79 Å². The van der Waals surface area contributed by atoms with Crippen LogP contribution in [0.2, 0.25) is 0 Å². The van der Waals surface area contributed by atoms with Gasteiger partial charge in [-0.1, -0.05) is 34.1 Å². The number of rotatable bonds is 14. The van der Waals surface area contributed by atoms with Gasteiger partial charge in [-0.2, -0.15) is 0 Å². The summed E-state index contributed by atoms with van der Waals surface area (Å²) in [6.45, 7) is 8.01. The number of carbonyl (C=O) groups excluding carboxylic acids is 4. The summed E-state index contributed by atoms with van der Waals surface area (Å²) in [7, 11) is 0. The number of carboxylic acid groups (broad SMARTS) is 1. The minimum absolute atomic E-state index is 0.0143. The fourth-order valence-electron chi connectivity index (χ4n) is 3.65. The van der Waals surface area contributed by atoms with Gasteiger partial charge in [-0.3, -0.25) is 19.2 Å². The number of carbonyl (C=O) groups is 5. The Bertz CT molecular complexity index is 707. The predicted molar refractivity (Wildman–Crippen MR) is 122 cm³/mol. The van der Waals surface area contributed by atoms with Crippen molar-refractivity contribution in [1.29, 1.82) is 0 Å². The van der Waals surface area contributed by atoms with Crippen molar-refractivity contribution in [1.82, 2.24) is 21.3 Å². The van der Waals surface area contributed by atoms with Gasteiger partial charge in [0.2, 0.25) is 23.6 Å². The van der Waals surface area contributed by atoms with Gasteiger partial charge < -0.3 is 32.1 Å². The van der Waals surface area contributed by atoms with Crippen molar-refractivity contribution >= 4 is 29.6 Å². The van der Waals surface area contributed by atoms with Gasteiger partial charge in [0.05, 0.1) is 6.04 Å². The molecule has 1 fully saturated rings. The molecule has 1 aliphatic rings. The van der Waals surface area contributed by atoms with Crippen molar-refractivity contribution in [2.24, 2.45) is 17.6 Å². The SMILES string of the molecule is CCC(C)C(NC(=O)C(CCC(N)=O)NC(=O)C1CCCN1)C(=O)NC(CC(C)C)C(=O)O. The first kappa shape index (κ1) is 28.3. The first-order valence-corrected chi connectivity index (χ1v) is 11.6. The Kier molecular flexibility index (Phi) is 11.8. The number of carboxylic acids is 1. The largest absolute Gasteiger partial charge is 0.480 e. The molecule has 1 heterocycles. The van der Waals surface area contributed by atoms with E-state index in [9.17, 15) is 29.1 Å². The maximum absolute atomic E-state index is 13.0. The number of nitrogens with one attached hydrogen (secondary N) is 4. The molecular weight excluding hydrogens is 430 g/mol. The molecule has 0 aromatic carbocycles. The average molecular weight is 470 g/mol. The second kappa shape index (κ2) is 13.8. The van der Waals surface area contributed by atoms with E-state index in [4.69, 9.17) is 5.73 Å². The van der Waals surface area contributed by atoms with Crippen molar-refractivity contribution in [2.45, 2.75) is 90.4 Å². The van der Waals surface area contributed by atoms with Crippen molar-refractivity contribution < 1.29 is 29.1 Å². The van der Waals surface area contributed by atoms with Gasteiger partial charge in [-0.05, 0) is 44.1 Å². The molecule has 11 heteroatoms. The molecule has 11 nitrogen and oxygen atoms in total. The third-order valence-corrected chi connectivity index (χ3v) is 5.80. The van der Waals surface area contributed by atoms with Crippen LogP contribution in [0.1, 0.15) is 66.2 Å². The second-order valence-electron chi connectivity index (χ2n) is 9.12. The third-order valence-electron chi connectivity index (χ3n) is 5.80. The lowest BCUT2D eigenvalue weighted by molar-refractivity contribution is -0.143. The molecule has 0 aromatic heterocycles. The first-order valence-electron chi connectivity index (χ1n) is 11.6. The van der Waals surface area contributed by atoms with Crippen LogP contribution >= 0.6 is 0 Å². The molecule has 1 saturated heterocycles. The van der Waals surface area contributed by atoms with Crippen molar-refractivity contribution in [3.05, 3.63) is 0 Å². The van der Waals surface area contributed by atoms with Gasteiger partial charge in [-0.15, -0.1) is 0 Å². The molecule has 0 bridgehead atoms. The van der Waals surface area contributed by atoms with Crippen molar-refractivity contribution in [3.63, 3.8) is 0 Å². The molecular formula is C22H39N5O6. The Morgan fingerprint density at radius 3 is 2.18 bits per heavy atom. The summed E-state index contributed by atoms with van der Waals surface area (Å²) in [4.78, 5) is 61.3. The second-order valence-corrected chi connectivity index (χ2v) is 9.12. The fourth-order valence-corrected chi connectivity index (χ4v) is 3.65. The highest BCUT2D eigenvalue weighted by Crippen LogP contribution is 2.12. The Labute approximate surface area is 195 Å². The zero-order chi connectivity index (χ0) is 25.1. The Balaban J connectivity index is 2.97. The van der Waals surface area contributed by atoms with E-state index >= 15 is 0 Å². The summed E-state index contributed by atoms with van der Waals surface area (Å²) >= 11 is 0. The smallest absolute Gasteiger partial charge is 0.326 e. The van der Waals surface area contributed by atoms with E-state index < -0.39 is 47.9 Å². The topological polar surface area (TPSA) is 180 Å². The highest BCUT2D eigenvalue weighted by Gasteiger charge is 2.33. The maximum atomic E-state index is 13.0. The number of nitrogens with two attached hydrogens (primary N) is 1. The van der Waals surface area contributed by atoms with Gasteiger partial charge in [0, 0.05) is 6.42 Å². The molecule has 4 amide bonds. The van der Waals surface area contributed by atoms with E-state index in [-0.39, 0.29) is 37.0 Å². The molecule has 33 heavy (non-hydrogen) atoms. The fraction of sp³-hybridized carbons (Fsp3) is 0.773. The van der Waals surface area contributed by atoms with Gasteiger partial charge in [0.1, 0.15) is 18.1 Å². The quantitative estimate of drug-likeness (QED) is 0.201. The molecule has 5 unspecified atom stereocenters. The number of primary amides is 1. The molecule has 0 aromatic rings. The number of amides is 4. The van der Waals surface area contributed by atoms with Gasteiger partial charge in [0.15, 0.2) is 0 Å². The Morgan fingerprint density at radius 1 is 1.03 bits per heavy atom. The van der Waals surface area contributed by atoms with Crippen molar-refractivity contribution in [2.75, 3.05) is 6.54 Å². The van der Waals surface area contributed by atoms with E-state index in [1.165, 1.54) is 0 Å². The van der Waals surface area contributed by atoms with Crippen LogP contribution in [0.5, 0.6) is 0 Å². The summed E-state index contributed by atoms with van der Waals surface area (Å²) in [6, 6.07) is -3.57. The van der Waals surface area contributed by atoms with Crippen LogP contribution in [-0.2, 0) is 24.0 Å². The summed E-state index contributed by atoms with van der Waals surface area (Å²) in [5.74, 6) is -3.62. The molecule has 0 radical (unpaired) electrons. The molecule has 188 valence electrons. The number of aliphatic carboxylic acids is 1. The molecule has 1 aliphatic heterocycles. The predicted octanol–water partition coefficient (Wildman–Crippen LogP) is -0.365. The van der Waals surface area contributed by atoms with Gasteiger partial charge in [0.25, 0.3) is 0 Å². The molecule has 0 aliphatic carbocycles. The van der Waals surface area contributed by atoms with Gasteiger partial charge >= 0.3 is 5.97 Å². The van der Waals surface area contributed by atoms with Crippen LogP contribution in [0, 0.1) is 11.8 Å². The third kappa shape index (κ3) is 9.77. The van der Waals surface area contributed by atoms with Crippen LogP contribution in [0.4, 0.5) is 0 Å². The highest BCUT2D eigenvalue weighted by molar-refractivity contribution is 5.94. The number of hydrogen-bond donors (Lipinski definition) is 6. The van der Waals surface area contributed by atoms with Crippen LogP contribution < -0.4 is 27.0 Å². The van der Waals surface area contributed by atoms with E-state index in [0.29, 0.717) is 19.4 Å². The molecule has 0 saturated carbocycles. The Hall–Kier alpha value is -2.69. The van der Waals surface area contributed by atoms with E-state index in [1.807, 2.05) is 20.8 Å². The lowest BCUT2D eigenvalue weighted by Gasteiger charge is -2.28. The molecule has 0 spiro atoms. The first-order chi connectivity index (χ1) is 15.5. The van der Waals surface area contributed by atoms with E-state index in [2.05, 4.69) is 21.3 Å². The van der Waals surface area contributed by atoms with Crippen LogP contribution in [-0.4, -0.2) is 65.4 Å². The summed E-state index contributed by atoms with van der Waals surface area (Å²) in [6.07, 6.45) is 2.14. The summed E-state index contributed by atoms with van der Waals surface area (Å²) in [5, 5.41) is 20.3. The summed E-state index contributed by atoms with van der Waals surface area (Å²) in [5.41, 5.74) is 5.22. The lowest BCUT2D eigenvalue weighted by Crippen LogP contribution is -2.58. The summed E-state index contributed by atoms with van der Waals surface area (Å²) < 4.78 is 0. The Morgan fingerprint density at radius 2 is 1.70 bits per heavy atom. The van der Waals surface area contributed by atoms with Crippen LogP contribution in [0.3, 0.4) is 0 Å². The minimum atomic E-state index is -1.15. The van der Waals surface area contributed by atoms with E-state index in [0.717, 1.165) is 6.42 Å². The lowest BCUT2D eigenvalue weighted by atomic mass is 9.96. The number of hydrogen-bond acceptors (Lipinski definition) is 6. The standard InChI is InChI=1S/C22H39N5O6/c1-5-13(4)18(21(31)26-16(22(32)33)11-12(2)3)27-20(30)15(8-9-17(23)28)25-19(29)14-7-6-10-24-14/h12-16,18,24H,5-11H2,1-4H3,(H2,23,28)(H,25,29)(H,26,31)(H,27,30)(H,32,33). The van der Waals surface area contributed by atoms with E-state index in [1.54, 1.807) is 6.92 Å². The zero-order valence-corrected chi connectivity index (χ0v) is 20.0. The van der Waals surface area contributed by atoms with Crippen LogP contribution in [0.15, 0.2) is 0 Å². The zero-order valence-electron chi connectivity index (χ0n) is 20.0. The highest BCUT2D eigenvalue weighted by atomic mass is 16.4. The monoisotopic (exact) mass is 469 g/mol. The van der Waals surface area contributed by atoms with Crippen LogP contribution in [0.25, 0.3) is 0 Å². The molecule has 5 atom stereocenters. The maximum Gasteiger partial charge on any atom is 0.326 e. The normalized spacial score (nSPS) is 19.2. The molecule has 1 rings (SSSR count). The van der Waals surface area contributed by atoms with Crippen molar-refractivity contribution in [3.8, 4) is 0 Å². The minimum Gasteiger partial charge on any atom is -0.480 e. The molecule has 7 N–H and O–H groups in total.